The van der Waals surface area contributed by atoms with Gasteiger partial charge in [-0.2, -0.15) is 4.98 Å². The summed E-state index contributed by atoms with van der Waals surface area (Å²) >= 11 is 0. The summed E-state index contributed by atoms with van der Waals surface area (Å²) in [6, 6.07) is 4.91. The smallest absolute Gasteiger partial charge is 0.298 e. The van der Waals surface area contributed by atoms with Crippen molar-refractivity contribution in [2.45, 2.75) is 24.7 Å². The zero-order chi connectivity index (χ0) is 19.4. The molecule has 1 aromatic carbocycles. The van der Waals surface area contributed by atoms with E-state index in [0.717, 1.165) is 0 Å². The number of aliphatic hydroxyl groups excluding tert-OH is 1. The number of para-hydroxylation sites is 1. The van der Waals surface area contributed by atoms with Crippen LogP contribution < -0.4 is 10.2 Å². The van der Waals surface area contributed by atoms with Gasteiger partial charge < -0.3 is 24.5 Å². The van der Waals surface area contributed by atoms with Crippen LogP contribution in [0.2, 0.25) is 0 Å². The lowest BCUT2D eigenvalue weighted by molar-refractivity contribution is -0.140. The summed E-state index contributed by atoms with van der Waals surface area (Å²) in [5, 5.41) is 13.5. The van der Waals surface area contributed by atoms with Crippen LogP contribution >= 0.6 is 0 Å². The van der Waals surface area contributed by atoms with Crippen molar-refractivity contribution in [3.63, 3.8) is 0 Å². The maximum absolute atomic E-state index is 13.9. The highest BCUT2D eigenvalue weighted by Gasteiger charge is 2.58. The van der Waals surface area contributed by atoms with E-state index in [-0.39, 0.29) is 47.9 Å². The average Bonchev–Trinajstić information content (AvgIpc) is 3.39. The molecule has 1 aromatic heterocycles. The molecule has 3 fully saturated rings. The Kier molecular flexibility index (Phi) is 4.03. The number of hydrogen-bond donors (Lipinski definition) is 2. The highest BCUT2D eigenvalue weighted by molar-refractivity contribution is 5.80. The molecule has 0 radical (unpaired) electrons. The molecule has 28 heavy (non-hydrogen) atoms. The third-order valence-electron chi connectivity index (χ3n) is 6.20. The molecule has 0 saturated carbocycles. The third kappa shape index (κ3) is 2.58. The van der Waals surface area contributed by atoms with Gasteiger partial charge in [-0.25, -0.2) is 4.39 Å². The van der Waals surface area contributed by atoms with Crippen molar-refractivity contribution in [2.75, 3.05) is 24.5 Å². The number of nitrogens with zero attached hydrogens (tertiary/aromatic N) is 2. The fourth-order valence-corrected chi connectivity index (χ4v) is 4.91. The van der Waals surface area contributed by atoms with Crippen molar-refractivity contribution in [2.24, 2.45) is 17.8 Å². The molecule has 3 saturated heterocycles. The fraction of sp³-hybridized carbons (Fsp3) is 0.500. The van der Waals surface area contributed by atoms with E-state index in [9.17, 15) is 14.3 Å². The van der Waals surface area contributed by atoms with Crippen molar-refractivity contribution in [3.8, 4) is 12.3 Å². The summed E-state index contributed by atoms with van der Waals surface area (Å²) < 4.78 is 25.7. The third-order valence-corrected chi connectivity index (χ3v) is 6.20. The Morgan fingerprint density at radius 1 is 1.43 bits per heavy atom. The van der Waals surface area contributed by atoms with E-state index < -0.39 is 11.9 Å². The molecule has 3 aliphatic heterocycles. The zero-order valence-electron chi connectivity index (χ0n) is 15.0. The van der Waals surface area contributed by atoms with Crippen LogP contribution in [0, 0.1) is 35.9 Å². The second kappa shape index (κ2) is 6.47. The summed E-state index contributed by atoms with van der Waals surface area (Å²) in [4.78, 5) is 18.7. The van der Waals surface area contributed by atoms with Gasteiger partial charge in [-0.15, -0.1) is 6.42 Å². The lowest BCUT2D eigenvalue weighted by atomic mass is 9.83. The van der Waals surface area contributed by atoms with Gasteiger partial charge in [-0.05, 0) is 18.6 Å². The molecule has 146 valence electrons. The van der Waals surface area contributed by atoms with Crippen molar-refractivity contribution in [3.05, 3.63) is 24.0 Å². The number of carbonyl (C=O) groups excluding carboxylic acids is 1. The minimum atomic E-state index is -0.669. The number of anilines is 1. The molecule has 3 aliphatic rings. The molecule has 1 amide bonds. The lowest BCUT2D eigenvalue weighted by Gasteiger charge is -2.36. The van der Waals surface area contributed by atoms with E-state index in [4.69, 9.17) is 15.6 Å². The van der Waals surface area contributed by atoms with Gasteiger partial charge in [0.15, 0.2) is 11.4 Å². The number of fused-ring (bicyclic) bond motifs is 5. The SMILES string of the molecule is C#CCNC(=O)C1C[C@@H]2O[C@H]1[C@H]1CN(c3nc4c(F)cccc4o3)C[C@H]1[C@@H]2O. The van der Waals surface area contributed by atoms with Crippen molar-refractivity contribution in [1.82, 2.24) is 10.3 Å². The Balaban J connectivity index is 1.40. The number of hydrogen-bond acceptors (Lipinski definition) is 6. The fourth-order valence-electron chi connectivity index (χ4n) is 4.91. The number of ether oxygens (including phenoxy) is 1. The number of oxazole rings is 1. The molecular formula is C20H20FN3O4. The van der Waals surface area contributed by atoms with E-state index in [1.165, 1.54) is 6.07 Å². The summed E-state index contributed by atoms with van der Waals surface area (Å²) in [7, 11) is 0. The second-order valence-corrected chi connectivity index (χ2v) is 7.71. The van der Waals surface area contributed by atoms with Gasteiger partial charge in [0.05, 0.1) is 30.8 Å². The number of aromatic nitrogens is 1. The second-order valence-electron chi connectivity index (χ2n) is 7.71. The topological polar surface area (TPSA) is 87.8 Å². The Labute approximate surface area is 160 Å². The number of carbonyl (C=O) groups is 1. The minimum absolute atomic E-state index is 0.0461. The molecule has 2 aromatic rings. The summed E-state index contributed by atoms with van der Waals surface area (Å²) in [6.45, 7) is 1.21. The van der Waals surface area contributed by atoms with Gasteiger partial charge in [0.2, 0.25) is 5.91 Å². The Bertz CT molecular complexity index is 970. The molecule has 2 N–H and O–H groups in total. The summed E-state index contributed by atoms with van der Waals surface area (Å²) in [5.41, 5.74) is 0.576. The molecule has 0 spiro atoms. The van der Waals surface area contributed by atoms with Crippen molar-refractivity contribution < 1.29 is 23.4 Å². The first kappa shape index (κ1) is 17.5. The van der Waals surface area contributed by atoms with Crippen LogP contribution in [-0.2, 0) is 9.53 Å². The van der Waals surface area contributed by atoms with E-state index >= 15 is 0 Å². The average molecular weight is 385 g/mol. The van der Waals surface area contributed by atoms with Crippen LogP contribution in [0.15, 0.2) is 22.6 Å². The molecule has 7 nitrogen and oxygen atoms in total. The normalized spacial score (nSPS) is 33.7. The number of benzene rings is 1. The molecule has 4 heterocycles. The van der Waals surface area contributed by atoms with Gasteiger partial charge in [-0.3, -0.25) is 4.79 Å². The van der Waals surface area contributed by atoms with Gasteiger partial charge in [0.1, 0.15) is 5.52 Å². The Morgan fingerprint density at radius 2 is 2.25 bits per heavy atom. The minimum Gasteiger partial charge on any atom is -0.423 e. The van der Waals surface area contributed by atoms with E-state index in [1.807, 2.05) is 4.90 Å². The van der Waals surface area contributed by atoms with Gasteiger partial charge in [0.25, 0.3) is 6.01 Å². The van der Waals surface area contributed by atoms with Crippen LogP contribution in [0.25, 0.3) is 11.1 Å². The monoisotopic (exact) mass is 385 g/mol. The van der Waals surface area contributed by atoms with Crippen molar-refractivity contribution >= 4 is 23.0 Å². The van der Waals surface area contributed by atoms with Gasteiger partial charge in [0, 0.05) is 24.9 Å². The van der Waals surface area contributed by atoms with Crippen molar-refractivity contribution in [1.29, 1.82) is 0 Å². The highest BCUT2D eigenvalue weighted by Crippen LogP contribution is 2.47. The van der Waals surface area contributed by atoms with E-state index in [1.54, 1.807) is 12.1 Å². The molecule has 0 aliphatic carbocycles. The maximum atomic E-state index is 13.9. The number of nitrogens with one attached hydrogen (secondary N) is 1. The quantitative estimate of drug-likeness (QED) is 0.764. The first-order valence-corrected chi connectivity index (χ1v) is 9.41. The Hall–Kier alpha value is -2.63. The standard InChI is InChI=1S/C20H20FN3O4/c1-2-6-22-19(26)10-7-15-17(25)11-8-24(9-12(11)18(10)27-15)20-23-16-13(21)4-3-5-14(16)28-20/h1,3-5,10-12,15,17-18,25H,6-9H2,(H,22,26)/t10?,11-,12+,15+,17+,18-/m1/s1. The van der Waals surface area contributed by atoms with Crippen LogP contribution in [0.1, 0.15) is 6.42 Å². The Morgan fingerprint density at radius 3 is 3.04 bits per heavy atom. The van der Waals surface area contributed by atoms with Crippen LogP contribution in [0.3, 0.4) is 0 Å². The predicted octanol–water partition coefficient (Wildman–Crippen LogP) is 0.917. The largest absolute Gasteiger partial charge is 0.423 e. The molecule has 8 heteroatoms. The first-order valence-electron chi connectivity index (χ1n) is 9.41. The zero-order valence-corrected chi connectivity index (χ0v) is 15.0. The number of amides is 1. The van der Waals surface area contributed by atoms with Crippen LogP contribution in [-0.4, -0.2) is 53.9 Å². The van der Waals surface area contributed by atoms with Gasteiger partial charge >= 0.3 is 0 Å². The van der Waals surface area contributed by atoms with E-state index in [0.29, 0.717) is 31.1 Å². The van der Waals surface area contributed by atoms with Crippen LogP contribution in [0.5, 0.6) is 0 Å². The number of rotatable bonds is 3. The number of halogens is 1. The molecule has 6 atom stereocenters. The molecular weight excluding hydrogens is 365 g/mol. The predicted molar refractivity (Wildman–Crippen MR) is 97.8 cm³/mol. The number of terminal acetylenes is 1. The highest BCUT2D eigenvalue weighted by atomic mass is 19.1. The molecule has 1 unspecified atom stereocenters. The molecule has 5 rings (SSSR count). The lowest BCUT2D eigenvalue weighted by Crippen LogP contribution is -2.47. The number of aliphatic hydroxyl groups is 1. The summed E-state index contributed by atoms with van der Waals surface area (Å²) in [6.07, 6.45) is 4.39. The van der Waals surface area contributed by atoms with Crippen LogP contribution in [0.4, 0.5) is 10.4 Å². The van der Waals surface area contributed by atoms with Gasteiger partial charge in [-0.1, -0.05) is 12.0 Å². The first-order chi connectivity index (χ1) is 13.6. The maximum Gasteiger partial charge on any atom is 0.298 e. The summed E-state index contributed by atoms with van der Waals surface area (Å²) in [5.74, 6) is 1.38. The molecule has 2 bridgehead atoms. The van der Waals surface area contributed by atoms with E-state index in [2.05, 4.69) is 16.2 Å².